The summed E-state index contributed by atoms with van der Waals surface area (Å²) in [4.78, 5) is 11.3. The van der Waals surface area contributed by atoms with Crippen LogP contribution in [0.15, 0.2) is 18.6 Å². The van der Waals surface area contributed by atoms with Gasteiger partial charge >= 0.3 is 0 Å². The standard InChI is InChI=1S/C15H26N4O/c1-4-15(3,19-8-10-20-11-9-19)14(17-5-2)13-12-16-6-7-18-13/h6-7,12,14,17H,4-5,8-11H2,1-3H3. The number of hydrogen-bond acceptors (Lipinski definition) is 5. The first kappa shape index (κ1) is 15.4. The van der Waals surface area contributed by atoms with Crippen LogP contribution in [-0.4, -0.2) is 53.3 Å². The van der Waals surface area contributed by atoms with Gasteiger partial charge in [-0.05, 0) is 19.9 Å². The molecule has 1 aromatic heterocycles. The highest BCUT2D eigenvalue weighted by atomic mass is 16.5. The van der Waals surface area contributed by atoms with Crippen LogP contribution in [0.3, 0.4) is 0 Å². The first-order chi connectivity index (χ1) is 9.72. The molecule has 1 fully saturated rings. The van der Waals surface area contributed by atoms with Crippen molar-refractivity contribution in [1.82, 2.24) is 20.2 Å². The Morgan fingerprint density at radius 2 is 2.10 bits per heavy atom. The minimum Gasteiger partial charge on any atom is -0.379 e. The van der Waals surface area contributed by atoms with Crippen molar-refractivity contribution in [2.75, 3.05) is 32.8 Å². The molecule has 2 unspecified atom stereocenters. The summed E-state index contributed by atoms with van der Waals surface area (Å²) in [5.41, 5.74) is 1.04. The van der Waals surface area contributed by atoms with Crippen LogP contribution < -0.4 is 5.32 Å². The number of nitrogens with one attached hydrogen (secondary N) is 1. The van der Waals surface area contributed by atoms with Gasteiger partial charge in [-0.15, -0.1) is 0 Å². The van der Waals surface area contributed by atoms with Gasteiger partial charge in [0.15, 0.2) is 0 Å². The van der Waals surface area contributed by atoms with Gasteiger partial charge in [0.05, 0.1) is 31.1 Å². The molecule has 2 rings (SSSR count). The van der Waals surface area contributed by atoms with Gasteiger partial charge in [-0.3, -0.25) is 14.9 Å². The molecule has 1 aromatic rings. The van der Waals surface area contributed by atoms with Crippen molar-refractivity contribution in [2.45, 2.75) is 38.8 Å². The van der Waals surface area contributed by atoms with Gasteiger partial charge in [-0.2, -0.15) is 0 Å². The molecule has 0 amide bonds. The van der Waals surface area contributed by atoms with E-state index in [9.17, 15) is 0 Å². The molecule has 1 aliphatic rings. The Bertz CT molecular complexity index is 394. The van der Waals surface area contributed by atoms with Crippen LogP contribution in [0.5, 0.6) is 0 Å². The van der Waals surface area contributed by atoms with Gasteiger partial charge in [0, 0.05) is 31.0 Å². The molecule has 2 heterocycles. The van der Waals surface area contributed by atoms with Crippen LogP contribution in [0.1, 0.15) is 38.9 Å². The predicted molar refractivity (Wildman–Crippen MR) is 79.5 cm³/mol. The van der Waals surface area contributed by atoms with Crippen LogP contribution in [0, 0.1) is 0 Å². The minimum atomic E-state index is 0.0236. The van der Waals surface area contributed by atoms with Crippen molar-refractivity contribution in [3.8, 4) is 0 Å². The molecular formula is C15H26N4O. The number of ether oxygens (including phenoxy) is 1. The van der Waals surface area contributed by atoms with Gasteiger partial charge in [0.2, 0.25) is 0 Å². The summed E-state index contributed by atoms with van der Waals surface area (Å²) >= 11 is 0. The van der Waals surface area contributed by atoms with Crippen molar-refractivity contribution >= 4 is 0 Å². The quantitative estimate of drug-likeness (QED) is 0.857. The average Bonchev–Trinajstić information content (AvgIpc) is 2.53. The summed E-state index contributed by atoms with van der Waals surface area (Å²) in [5, 5.41) is 3.60. The van der Waals surface area contributed by atoms with E-state index in [0.29, 0.717) is 0 Å². The van der Waals surface area contributed by atoms with E-state index in [2.05, 4.69) is 41.0 Å². The second-order valence-electron chi connectivity index (χ2n) is 5.43. The lowest BCUT2D eigenvalue weighted by atomic mass is 9.84. The fourth-order valence-corrected chi connectivity index (χ4v) is 2.99. The summed E-state index contributed by atoms with van der Waals surface area (Å²) in [7, 11) is 0. The molecule has 112 valence electrons. The fraction of sp³-hybridized carbons (Fsp3) is 0.733. The Balaban J connectivity index is 2.28. The number of nitrogens with zero attached hydrogens (tertiary/aromatic N) is 3. The van der Waals surface area contributed by atoms with Crippen LogP contribution in [0.2, 0.25) is 0 Å². The third-order valence-corrected chi connectivity index (χ3v) is 4.36. The molecule has 5 nitrogen and oxygen atoms in total. The van der Waals surface area contributed by atoms with E-state index in [4.69, 9.17) is 4.74 Å². The van der Waals surface area contributed by atoms with Crippen molar-refractivity contribution in [3.05, 3.63) is 24.3 Å². The van der Waals surface area contributed by atoms with Gasteiger partial charge < -0.3 is 10.1 Å². The first-order valence-corrected chi connectivity index (χ1v) is 7.54. The zero-order chi connectivity index (χ0) is 14.4. The third kappa shape index (κ3) is 3.16. The molecule has 1 saturated heterocycles. The summed E-state index contributed by atoms with van der Waals surface area (Å²) < 4.78 is 5.49. The minimum absolute atomic E-state index is 0.0236. The number of morpholine rings is 1. The number of likely N-dealkylation sites (N-methyl/N-ethyl adjacent to an activating group) is 1. The van der Waals surface area contributed by atoms with Crippen molar-refractivity contribution in [1.29, 1.82) is 0 Å². The molecule has 0 spiro atoms. The predicted octanol–water partition coefficient (Wildman–Crippen LogP) is 1.63. The Morgan fingerprint density at radius 3 is 2.65 bits per heavy atom. The average molecular weight is 278 g/mol. The lowest BCUT2D eigenvalue weighted by Gasteiger charge is -2.47. The van der Waals surface area contributed by atoms with Crippen LogP contribution in [0.4, 0.5) is 0 Å². The third-order valence-electron chi connectivity index (χ3n) is 4.36. The maximum atomic E-state index is 5.49. The van der Waals surface area contributed by atoms with Crippen molar-refractivity contribution in [3.63, 3.8) is 0 Å². The van der Waals surface area contributed by atoms with E-state index < -0.39 is 0 Å². The van der Waals surface area contributed by atoms with Crippen LogP contribution >= 0.6 is 0 Å². The molecule has 1 aliphatic heterocycles. The lowest BCUT2D eigenvalue weighted by Crippen LogP contribution is -2.57. The number of aromatic nitrogens is 2. The smallest absolute Gasteiger partial charge is 0.0774 e. The number of hydrogen-bond donors (Lipinski definition) is 1. The van der Waals surface area contributed by atoms with Gasteiger partial charge in [0.25, 0.3) is 0 Å². The Labute approximate surface area is 121 Å². The molecule has 0 bridgehead atoms. The zero-order valence-corrected chi connectivity index (χ0v) is 12.8. The summed E-state index contributed by atoms with van der Waals surface area (Å²) in [5.74, 6) is 0. The van der Waals surface area contributed by atoms with E-state index in [1.54, 1.807) is 12.4 Å². The van der Waals surface area contributed by atoms with E-state index in [-0.39, 0.29) is 11.6 Å². The normalized spacial score (nSPS) is 21.4. The molecule has 0 aromatic carbocycles. The zero-order valence-electron chi connectivity index (χ0n) is 12.8. The molecule has 0 saturated carbocycles. The van der Waals surface area contributed by atoms with E-state index in [1.807, 2.05) is 6.20 Å². The SMILES string of the molecule is CCNC(c1cnccn1)C(C)(CC)N1CCOCC1. The highest BCUT2D eigenvalue weighted by Crippen LogP contribution is 2.33. The molecule has 1 N–H and O–H groups in total. The van der Waals surface area contributed by atoms with E-state index in [0.717, 1.165) is 45.0 Å². The van der Waals surface area contributed by atoms with Gasteiger partial charge in [0.1, 0.15) is 0 Å². The summed E-state index contributed by atoms with van der Waals surface area (Å²) in [6.45, 7) is 11.2. The molecule has 20 heavy (non-hydrogen) atoms. The second-order valence-corrected chi connectivity index (χ2v) is 5.43. The van der Waals surface area contributed by atoms with Crippen molar-refractivity contribution < 1.29 is 4.74 Å². The molecular weight excluding hydrogens is 252 g/mol. The second kappa shape index (κ2) is 7.11. The first-order valence-electron chi connectivity index (χ1n) is 7.54. The summed E-state index contributed by atoms with van der Waals surface area (Å²) in [6.07, 6.45) is 6.43. The maximum Gasteiger partial charge on any atom is 0.0774 e. The monoisotopic (exact) mass is 278 g/mol. The van der Waals surface area contributed by atoms with Crippen LogP contribution in [0.25, 0.3) is 0 Å². The largest absolute Gasteiger partial charge is 0.379 e. The Kier molecular flexibility index (Phi) is 5.46. The Morgan fingerprint density at radius 1 is 1.35 bits per heavy atom. The van der Waals surface area contributed by atoms with Gasteiger partial charge in [-0.25, -0.2) is 0 Å². The molecule has 0 aliphatic carbocycles. The highest BCUT2D eigenvalue weighted by Gasteiger charge is 2.40. The molecule has 5 heteroatoms. The van der Waals surface area contributed by atoms with Crippen molar-refractivity contribution in [2.24, 2.45) is 0 Å². The maximum absolute atomic E-state index is 5.49. The van der Waals surface area contributed by atoms with E-state index in [1.165, 1.54) is 0 Å². The Hall–Kier alpha value is -1.04. The summed E-state index contributed by atoms with van der Waals surface area (Å²) in [6, 6.07) is 0.185. The van der Waals surface area contributed by atoms with Gasteiger partial charge in [-0.1, -0.05) is 13.8 Å². The topological polar surface area (TPSA) is 50.3 Å². The van der Waals surface area contributed by atoms with Crippen LogP contribution in [-0.2, 0) is 4.74 Å². The fourth-order valence-electron chi connectivity index (χ4n) is 2.99. The molecule has 2 atom stereocenters. The highest BCUT2D eigenvalue weighted by molar-refractivity contribution is 5.12. The van der Waals surface area contributed by atoms with E-state index >= 15 is 0 Å². The number of rotatable bonds is 6. The molecule has 0 radical (unpaired) electrons. The lowest BCUT2D eigenvalue weighted by molar-refractivity contribution is -0.0333.